The highest BCUT2D eigenvalue weighted by atomic mass is 32.2. The molecule has 2 fully saturated rings. The van der Waals surface area contributed by atoms with Gasteiger partial charge in [0.2, 0.25) is 5.95 Å². The Bertz CT molecular complexity index is 618. The van der Waals surface area contributed by atoms with E-state index in [9.17, 15) is 8.42 Å². The van der Waals surface area contributed by atoms with Crippen molar-refractivity contribution >= 4 is 21.6 Å². The first-order valence-electron chi connectivity index (χ1n) is 7.58. The van der Waals surface area contributed by atoms with Gasteiger partial charge < -0.3 is 14.5 Å². The van der Waals surface area contributed by atoms with Gasteiger partial charge in [0.15, 0.2) is 15.7 Å². The van der Waals surface area contributed by atoms with Gasteiger partial charge in [0.25, 0.3) is 0 Å². The number of hydrogen-bond acceptors (Lipinski definition) is 8. The van der Waals surface area contributed by atoms with Crippen molar-refractivity contribution in [3.8, 4) is 0 Å². The molecule has 0 aliphatic carbocycles. The van der Waals surface area contributed by atoms with Gasteiger partial charge in [-0.05, 0) is 13.3 Å². The zero-order chi connectivity index (χ0) is 15.6. The predicted molar refractivity (Wildman–Crippen MR) is 82.9 cm³/mol. The van der Waals surface area contributed by atoms with Crippen LogP contribution in [0.3, 0.4) is 0 Å². The van der Waals surface area contributed by atoms with Crippen molar-refractivity contribution in [3.63, 3.8) is 0 Å². The topological polar surface area (TPSA) is 88.5 Å². The molecule has 22 heavy (non-hydrogen) atoms. The number of ether oxygens (including phenoxy) is 1. The quantitative estimate of drug-likeness (QED) is 0.746. The Morgan fingerprint density at radius 2 is 2.18 bits per heavy atom. The van der Waals surface area contributed by atoms with E-state index >= 15 is 0 Å². The molecule has 1 aromatic heterocycles. The maximum atomic E-state index is 11.7. The zero-order valence-corrected chi connectivity index (χ0v) is 13.5. The minimum atomic E-state index is -2.92. The highest BCUT2D eigenvalue weighted by Crippen LogP contribution is 2.23. The minimum Gasteiger partial charge on any atom is -0.378 e. The molecule has 0 spiro atoms. The van der Waals surface area contributed by atoms with Gasteiger partial charge in [-0.2, -0.15) is 10.1 Å². The summed E-state index contributed by atoms with van der Waals surface area (Å²) in [6.07, 6.45) is 2.26. The number of morpholine rings is 1. The van der Waals surface area contributed by atoms with Gasteiger partial charge in [-0.25, -0.2) is 8.42 Å². The fraction of sp³-hybridized carbons (Fsp3) is 0.769. The van der Waals surface area contributed by atoms with Gasteiger partial charge in [-0.3, -0.25) is 0 Å². The van der Waals surface area contributed by atoms with Crippen LogP contribution < -0.4 is 9.80 Å². The molecule has 3 heterocycles. The lowest BCUT2D eigenvalue weighted by atomic mass is 10.2. The van der Waals surface area contributed by atoms with Crippen LogP contribution in [0.4, 0.5) is 11.8 Å². The normalized spacial score (nSPS) is 24.4. The van der Waals surface area contributed by atoms with Crippen molar-refractivity contribution in [2.75, 3.05) is 54.2 Å². The fourth-order valence-corrected chi connectivity index (χ4v) is 4.68. The first kappa shape index (κ1) is 15.4. The number of sulfone groups is 1. The van der Waals surface area contributed by atoms with Crippen LogP contribution in [0.5, 0.6) is 0 Å². The highest BCUT2D eigenvalue weighted by Gasteiger charge is 2.32. The molecule has 3 rings (SSSR count). The summed E-state index contributed by atoms with van der Waals surface area (Å²) in [4.78, 5) is 8.65. The summed E-state index contributed by atoms with van der Waals surface area (Å²) < 4.78 is 28.7. The van der Waals surface area contributed by atoms with Crippen molar-refractivity contribution < 1.29 is 13.2 Å². The molecule has 0 aromatic carbocycles. The smallest absolute Gasteiger partial charge is 0.247 e. The molecule has 0 amide bonds. The van der Waals surface area contributed by atoms with Gasteiger partial charge in [0.05, 0.1) is 30.9 Å². The van der Waals surface area contributed by atoms with Gasteiger partial charge in [-0.15, -0.1) is 5.10 Å². The van der Waals surface area contributed by atoms with Crippen molar-refractivity contribution in [1.29, 1.82) is 0 Å². The molecule has 2 aliphatic rings. The Hall–Kier alpha value is -1.48. The SMILES string of the molecule is CCN(c1cnnc(N2CCOCC2)n1)C1CCS(=O)(=O)C1. The minimum absolute atomic E-state index is 0.0239. The van der Waals surface area contributed by atoms with Crippen molar-refractivity contribution in [2.24, 2.45) is 0 Å². The standard InChI is InChI=1S/C13H21N5O3S/c1-2-18(11-3-8-22(19,20)10-11)12-9-14-16-13(15-12)17-4-6-21-7-5-17/h9,11H,2-8,10H2,1H3. The largest absolute Gasteiger partial charge is 0.378 e. The van der Waals surface area contributed by atoms with Crippen LogP contribution in [-0.2, 0) is 14.6 Å². The predicted octanol–water partition coefficient (Wildman–Crippen LogP) is -0.278. The lowest BCUT2D eigenvalue weighted by molar-refractivity contribution is 0.122. The third-order valence-corrected chi connectivity index (χ3v) is 5.86. The van der Waals surface area contributed by atoms with Crippen LogP contribution >= 0.6 is 0 Å². The first-order valence-corrected chi connectivity index (χ1v) is 9.40. The second-order valence-corrected chi connectivity index (χ2v) is 7.79. The molecule has 9 heteroatoms. The molecule has 0 bridgehead atoms. The third-order valence-electron chi connectivity index (χ3n) is 4.11. The Morgan fingerprint density at radius 1 is 1.41 bits per heavy atom. The Labute approximate surface area is 130 Å². The number of aromatic nitrogens is 3. The Morgan fingerprint density at radius 3 is 2.82 bits per heavy atom. The van der Waals surface area contributed by atoms with Crippen LogP contribution in [0.1, 0.15) is 13.3 Å². The molecule has 0 N–H and O–H groups in total. The van der Waals surface area contributed by atoms with E-state index in [1.165, 1.54) is 0 Å². The summed E-state index contributed by atoms with van der Waals surface area (Å²) in [5.41, 5.74) is 0. The molecule has 0 radical (unpaired) electrons. The summed E-state index contributed by atoms with van der Waals surface area (Å²) in [7, 11) is -2.92. The number of nitrogens with zero attached hydrogens (tertiary/aromatic N) is 5. The summed E-state index contributed by atoms with van der Waals surface area (Å²) >= 11 is 0. The van der Waals surface area contributed by atoms with Crippen molar-refractivity contribution in [3.05, 3.63) is 6.20 Å². The van der Waals surface area contributed by atoms with Gasteiger partial charge in [-0.1, -0.05) is 0 Å². The Balaban J connectivity index is 1.80. The number of anilines is 2. The van der Waals surface area contributed by atoms with E-state index in [0.717, 1.165) is 13.1 Å². The highest BCUT2D eigenvalue weighted by molar-refractivity contribution is 7.91. The van der Waals surface area contributed by atoms with E-state index in [4.69, 9.17) is 4.74 Å². The average Bonchev–Trinajstić information content (AvgIpc) is 2.89. The fourth-order valence-electron chi connectivity index (χ4n) is 2.95. The summed E-state index contributed by atoms with van der Waals surface area (Å²) in [6.45, 7) is 5.50. The van der Waals surface area contributed by atoms with Gasteiger partial charge in [0, 0.05) is 25.7 Å². The summed E-state index contributed by atoms with van der Waals surface area (Å²) in [6, 6.07) is -0.0239. The van der Waals surface area contributed by atoms with E-state index < -0.39 is 9.84 Å². The molecule has 2 aliphatic heterocycles. The van der Waals surface area contributed by atoms with Crippen molar-refractivity contribution in [2.45, 2.75) is 19.4 Å². The average molecular weight is 327 g/mol. The van der Waals surface area contributed by atoms with Crippen LogP contribution in [-0.4, -0.2) is 74.0 Å². The van der Waals surface area contributed by atoms with Crippen LogP contribution in [0.2, 0.25) is 0 Å². The zero-order valence-electron chi connectivity index (χ0n) is 12.7. The van der Waals surface area contributed by atoms with Crippen LogP contribution in [0.25, 0.3) is 0 Å². The molecule has 8 nitrogen and oxygen atoms in total. The Kier molecular flexibility index (Phi) is 4.44. The van der Waals surface area contributed by atoms with Gasteiger partial charge in [0.1, 0.15) is 0 Å². The van der Waals surface area contributed by atoms with Crippen LogP contribution in [0, 0.1) is 0 Å². The number of hydrogen-bond donors (Lipinski definition) is 0. The van der Waals surface area contributed by atoms with E-state index in [1.807, 2.05) is 16.7 Å². The second-order valence-electron chi connectivity index (χ2n) is 5.56. The van der Waals surface area contributed by atoms with E-state index in [1.54, 1.807) is 6.20 Å². The van der Waals surface area contributed by atoms with E-state index in [0.29, 0.717) is 37.9 Å². The summed E-state index contributed by atoms with van der Waals surface area (Å²) in [5, 5.41) is 8.15. The van der Waals surface area contributed by atoms with E-state index in [2.05, 4.69) is 15.2 Å². The lowest BCUT2D eigenvalue weighted by Gasteiger charge is -2.30. The molecule has 1 unspecified atom stereocenters. The summed E-state index contributed by atoms with van der Waals surface area (Å²) in [5.74, 6) is 1.72. The molecular weight excluding hydrogens is 306 g/mol. The monoisotopic (exact) mass is 327 g/mol. The van der Waals surface area contributed by atoms with Crippen molar-refractivity contribution in [1.82, 2.24) is 15.2 Å². The second kappa shape index (κ2) is 6.33. The third kappa shape index (κ3) is 3.30. The molecule has 0 saturated carbocycles. The van der Waals surface area contributed by atoms with E-state index in [-0.39, 0.29) is 17.5 Å². The molecule has 1 aromatic rings. The maximum absolute atomic E-state index is 11.7. The maximum Gasteiger partial charge on any atom is 0.247 e. The first-order chi connectivity index (χ1) is 10.6. The van der Waals surface area contributed by atoms with Gasteiger partial charge >= 0.3 is 0 Å². The molecule has 1 atom stereocenters. The number of rotatable bonds is 4. The van der Waals surface area contributed by atoms with Crippen LogP contribution in [0.15, 0.2) is 6.20 Å². The lowest BCUT2D eigenvalue weighted by Crippen LogP contribution is -2.39. The molecule has 2 saturated heterocycles. The molecular formula is C13H21N5O3S. The molecule has 122 valence electrons.